The van der Waals surface area contributed by atoms with Crippen LogP contribution in [0.2, 0.25) is 0 Å². The molecule has 2 heteroatoms. The summed E-state index contributed by atoms with van der Waals surface area (Å²) in [5.74, 6) is 0.0729. The van der Waals surface area contributed by atoms with Crippen molar-refractivity contribution >= 4 is 5.78 Å². The number of aryl methyl sites for hydroxylation is 1. The monoisotopic (exact) mass is 189 g/mol. The molecule has 0 saturated carbocycles. The first kappa shape index (κ1) is 9.41. The molecule has 14 heavy (non-hydrogen) atoms. The summed E-state index contributed by atoms with van der Waals surface area (Å²) in [6, 6.07) is 5.99. The Morgan fingerprint density at radius 1 is 1.29 bits per heavy atom. The lowest BCUT2D eigenvalue weighted by molar-refractivity contribution is 0.1000. The van der Waals surface area contributed by atoms with Crippen molar-refractivity contribution in [1.29, 1.82) is 0 Å². The van der Waals surface area contributed by atoms with Crippen molar-refractivity contribution in [3.63, 3.8) is 0 Å². The minimum Gasteiger partial charge on any atom is -0.324 e. The average molecular weight is 189 g/mol. The molecular weight excluding hydrogens is 174 g/mol. The van der Waals surface area contributed by atoms with Crippen LogP contribution in [0.25, 0.3) is 0 Å². The van der Waals surface area contributed by atoms with E-state index >= 15 is 0 Å². The van der Waals surface area contributed by atoms with E-state index in [1.807, 2.05) is 12.1 Å². The van der Waals surface area contributed by atoms with Gasteiger partial charge in [-0.1, -0.05) is 18.2 Å². The molecule has 0 bridgehead atoms. The number of nitrogens with two attached hydrogens (primary N) is 1. The average Bonchev–Trinajstić information content (AvgIpc) is 2.27. The molecule has 74 valence electrons. The van der Waals surface area contributed by atoms with Crippen molar-refractivity contribution in [2.24, 2.45) is 5.73 Å². The first-order chi connectivity index (χ1) is 6.83. The molecule has 2 N–H and O–H groups in total. The molecule has 1 aromatic carbocycles. The molecule has 2 nitrogen and oxygen atoms in total. The third kappa shape index (κ3) is 1.58. The summed E-state index contributed by atoms with van der Waals surface area (Å²) in [5.41, 5.74) is 8.83. The molecule has 0 unspecified atom stereocenters. The van der Waals surface area contributed by atoms with E-state index in [-0.39, 0.29) is 12.3 Å². The normalized spacial score (nSPS) is 14.9. The molecule has 2 rings (SSSR count). The van der Waals surface area contributed by atoms with Gasteiger partial charge in [-0.25, -0.2) is 0 Å². The quantitative estimate of drug-likeness (QED) is 0.720. The number of carbonyl (C=O) groups is 1. The van der Waals surface area contributed by atoms with Gasteiger partial charge in [-0.3, -0.25) is 4.79 Å². The molecule has 1 aliphatic carbocycles. The van der Waals surface area contributed by atoms with Crippen LogP contribution < -0.4 is 5.73 Å². The molecule has 0 heterocycles. The van der Waals surface area contributed by atoms with Gasteiger partial charge in [0.15, 0.2) is 5.78 Å². The maximum Gasteiger partial charge on any atom is 0.176 e. The number of rotatable bonds is 2. The topological polar surface area (TPSA) is 43.1 Å². The molecule has 0 amide bonds. The summed E-state index contributed by atoms with van der Waals surface area (Å²) in [5, 5.41) is 0. The lowest BCUT2D eigenvalue weighted by Gasteiger charge is -2.18. The molecule has 1 aromatic rings. The second-order valence-corrected chi connectivity index (χ2v) is 3.78. The van der Waals surface area contributed by atoms with Crippen LogP contribution in [-0.4, -0.2) is 12.3 Å². The van der Waals surface area contributed by atoms with Gasteiger partial charge in [0, 0.05) is 5.56 Å². The van der Waals surface area contributed by atoms with Crippen LogP contribution in [0.5, 0.6) is 0 Å². The summed E-state index contributed by atoms with van der Waals surface area (Å²) in [6.45, 7) is 0.121. The molecule has 0 radical (unpaired) electrons. The second kappa shape index (κ2) is 3.93. The molecule has 1 aliphatic rings. The maximum absolute atomic E-state index is 11.6. The Bertz CT molecular complexity index is 357. The number of ketones is 1. The lowest BCUT2D eigenvalue weighted by atomic mass is 9.87. The Morgan fingerprint density at radius 3 is 2.86 bits per heavy atom. The van der Waals surface area contributed by atoms with Crippen LogP contribution in [0, 0.1) is 0 Å². The van der Waals surface area contributed by atoms with Gasteiger partial charge in [0.05, 0.1) is 6.54 Å². The van der Waals surface area contributed by atoms with Crippen molar-refractivity contribution in [1.82, 2.24) is 0 Å². The van der Waals surface area contributed by atoms with Gasteiger partial charge >= 0.3 is 0 Å². The van der Waals surface area contributed by atoms with Crippen LogP contribution in [0.3, 0.4) is 0 Å². The van der Waals surface area contributed by atoms with E-state index in [9.17, 15) is 4.79 Å². The fraction of sp³-hybridized carbons (Fsp3) is 0.417. The highest BCUT2D eigenvalue weighted by atomic mass is 16.1. The van der Waals surface area contributed by atoms with E-state index in [0.717, 1.165) is 18.4 Å². The molecule has 0 aliphatic heterocycles. The minimum absolute atomic E-state index is 0.0729. The largest absolute Gasteiger partial charge is 0.324 e. The molecule has 0 atom stereocenters. The highest BCUT2D eigenvalue weighted by Gasteiger charge is 2.15. The molecule has 0 spiro atoms. The smallest absolute Gasteiger partial charge is 0.176 e. The first-order valence-corrected chi connectivity index (χ1v) is 5.17. The van der Waals surface area contributed by atoms with E-state index < -0.39 is 0 Å². The van der Waals surface area contributed by atoms with Crippen LogP contribution in [0.1, 0.15) is 34.3 Å². The molecule has 0 saturated heterocycles. The predicted octanol–water partition coefficient (Wildman–Crippen LogP) is 1.71. The summed E-state index contributed by atoms with van der Waals surface area (Å²) >= 11 is 0. The summed E-state index contributed by atoms with van der Waals surface area (Å²) < 4.78 is 0. The second-order valence-electron chi connectivity index (χ2n) is 3.78. The number of fused-ring (bicyclic) bond motifs is 1. The van der Waals surface area contributed by atoms with E-state index in [0.29, 0.717) is 0 Å². The van der Waals surface area contributed by atoms with Gasteiger partial charge in [-0.15, -0.1) is 0 Å². The fourth-order valence-corrected chi connectivity index (χ4v) is 2.15. The number of hydrogen-bond donors (Lipinski definition) is 1. The predicted molar refractivity (Wildman–Crippen MR) is 56.5 cm³/mol. The maximum atomic E-state index is 11.6. The van der Waals surface area contributed by atoms with Crippen LogP contribution in [0.4, 0.5) is 0 Å². The van der Waals surface area contributed by atoms with Crippen molar-refractivity contribution in [2.75, 3.05) is 6.54 Å². The van der Waals surface area contributed by atoms with Crippen molar-refractivity contribution < 1.29 is 4.79 Å². The SMILES string of the molecule is NCC(=O)c1cccc2c1CCCC2. The fourth-order valence-electron chi connectivity index (χ4n) is 2.15. The first-order valence-electron chi connectivity index (χ1n) is 5.17. The van der Waals surface area contributed by atoms with Crippen LogP contribution in [0.15, 0.2) is 18.2 Å². The Kier molecular flexibility index (Phi) is 2.64. The summed E-state index contributed by atoms with van der Waals surface area (Å²) in [4.78, 5) is 11.6. The zero-order chi connectivity index (χ0) is 9.97. The minimum atomic E-state index is 0.0729. The van der Waals surface area contributed by atoms with E-state index in [4.69, 9.17) is 5.73 Å². The van der Waals surface area contributed by atoms with Gasteiger partial charge < -0.3 is 5.73 Å². The third-order valence-corrected chi connectivity index (χ3v) is 2.88. The Labute approximate surface area is 84.1 Å². The zero-order valence-corrected chi connectivity index (χ0v) is 8.25. The highest BCUT2D eigenvalue weighted by Crippen LogP contribution is 2.24. The van der Waals surface area contributed by atoms with Gasteiger partial charge in [-0.05, 0) is 36.8 Å². The summed E-state index contributed by atoms with van der Waals surface area (Å²) in [6.07, 6.45) is 4.59. The number of hydrogen-bond acceptors (Lipinski definition) is 2. The molecule has 0 aromatic heterocycles. The van der Waals surface area contributed by atoms with Gasteiger partial charge in [-0.2, -0.15) is 0 Å². The Morgan fingerprint density at radius 2 is 2.07 bits per heavy atom. The van der Waals surface area contributed by atoms with Crippen LogP contribution >= 0.6 is 0 Å². The van der Waals surface area contributed by atoms with Crippen LogP contribution in [-0.2, 0) is 12.8 Å². The van der Waals surface area contributed by atoms with Crippen molar-refractivity contribution in [2.45, 2.75) is 25.7 Å². The van der Waals surface area contributed by atoms with Crippen molar-refractivity contribution in [3.8, 4) is 0 Å². The highest BCUT2D eigenvalue weighted by molar-refractivity contribution is 5.99. The Hall–Kier alpha value is -1.15. The number of Topliss-reactive ketones (excluding diaryl/α,β-unsaturated/α-hetero) is 1. The third-order valence-electron chi connectivity index (χ3n) is 2.88. The molecule has 0 fully saturated rings. The van der Waals surface area contributed by atoms with E-state index in [2.05, 4.69) is 6.07 Å². The Balaban J connectivity index is 2.45. The zero-order valence-electron chi connectivity index (χ0n) is 8.25. The van der Waals surface area contributed by atoms with Gasteiger partial charge in [0.25, 0.3) is 0 Å². The summed E-state index contributed by atoms with van der Waals surface area (Å²) in [7, 11) is 0. The number of benzene rings is 1. The molecular formula is C12H15NO. The lowest BCUT2D eigenvalue weighted by Crippen LogP contribution is -2.17. The van der Waals surface area contributed by atoms with Crippen molar-refractivity contribution in [3.05, 3.63) is 34.9 Å². The standard InChI is InChI=1S/C12H15NO/c13-8-12(14)11-7-3-5-9-4-1-2-6-10(9)11/h3,5,7H,1-2,4,6,8,13H2. The van der Waals surface area contributed by atoms with E-state index in [1.165, 1.54) is 24.0 Å². The number of carbonyl (C=O) groups excluding carboxylic acids is 1. The van der Waals surface area contributed by atoms with E-state index in [1.54, 1.807) is 0 Å². The van der Waals surface area contributed by atoms with Gasteiger partial charge in [0.2, 0.25) is 0 Å². The van der Waals surface area contributed by atoms with Gasteiger partial charge in [0.1, 0.15) is 0 Å².